The number of carbonyl (C=O) groups excluding carboxylic acids is 2. The average molecular weight is 593 g/mol. The van der Waals surface area contributed by atoms with Crippen LogP contribution in [0.3, 0.4) is 0 Å². The molecule has 1 aromatic heterocycles. The number of nitrogens with zero attached hydrogens (tertiary/aromatic N) is 3. The molecule has 216 valence electrons. The monoisotopic (exact) mass is 592 g/mol. The number of piperidine rings is 1. The molecule has 0 bridgehead atoms. The molecule has 3 aliphatic rings. The summed E-state index contributed by atoms with van der Waals surface area (Å²) in [5.74, 6) is -0.350. The highest BCUT2D eigenvalue weighted by Gasteiger charge is 2.32. The van der Waals surface area contributed by atoms with Gasteiger partial charge < -0.3 is 10.2 Å². The summed E-state index contributed by atoms with van der Waals surface area (Å²) in [6, 6.07) is 16.5. The van der Waals surface area contributed by atoms with Crippen LogP contribution in [0.2, 0.25) is 0 Å². The SMILES string of the molecule is O=C(Nc1sc2c(c1C(=O)N1CCCC1)CCN(Cc1ccccc1)C2)c1ccc(S(=O)(=O)N2CCCCC2)cc1. The van der Waals surface area contributed by atoms with Gasteiger partial charge in [-0.15, -0.1) is 11.3 Å². The van der Waals surface area contributed by atoms with Crippen LogP contribution in [0.1, 0.15) is 68.8 Å². The fourth-order valence-corrected chi connectivity index (χ4v) is 8.83. The number of fused-ring (bicyclic) bond motifs is 1. The molecule has 3 aromatic rings. The standard InChI is InChI=1S/C31H36N4O4S2/c36-29(24-11-13-25(14-12-24)41(38,39)35-18-5-2-6-19-35)32-30-28(31(37)34-16-7-8-17-34)26-15-20-33(22-27(26)40-30)21-23-9-3-1-4-10-23/h1,3-4,9-14H,2,5-8,15-22H2,(H,32,36). The van der Waals surface area contributed by atoms with E-state index < -0.39 is 10.0 Å². The van der Waals surface area contributed by atoms with E-state index in [4.69, 9.17) is 0 Å². The molecule has 10 heteroatoms. The lowest BCUT2D eigenvalue weighted by Crippen LogP contribution is -2.35. The summed E-state index contributed by atoms with van der Waals surface area (Å²) >= 11 is 1.49. The molecule has 1 N–H and O–H groups in total. The predicted octanol–water partition coefficient (Wildman–Crippen LogP) is 4.97. The normalized spacial score (nSPS) is 18.3. The Kier molecular flexibility index (Phi) is 8.26. The summed E-state index contributed by atoms with van der Waals surface area (Å²) in [6.45, 7) is 4.96. The Hall–Kier alpha value is -3.05. The van der Waals surface area contributed by atoms with Crippen LogP contribution in [0.25, 0.3) is 0 Å². The quantitative estimate of drug-likeness (QED) is 0.419. The zero-order chi connectivity index (χ0) is 28.4. The Morgan fingerprint density at radius 1 is 0.829 bits per heavy atom. The number of hydrogen-bond acceptors (Lipinski definition) is 6. The molecule has 8 nitrogen and oxygen atoms in total. The van der Waals surface area contributed by atoms with Crippen LogP contribution >= 0.6 is 11.3 Å². The summed E-state index contributed by atoms with van der Waals surface area (Å²) in [7, 11) is -3.57. The molecule has 3 aliphatic heterocycles. The molecule has 2 aromatic carbocycles. The van der Waals surface area contributed by atoms with Gasteiger partial charge in [-0.25, -0.2) is 8.42 Å². The Morgan fingerprint density at radius 3 is 2.22 bits per heavy atom. The number of hydrogen-bond donors (Lipinski definition) is 1. The van der Waals surface area contributed by atoms with E-state index in [0.717, 1.165) is 81.7 Å². The zero-order valence-electron chi connectivity index (χ0n) is 23.2. The molecule has 6 rings (SSSR count). The average Bonchev–Trinajstić information content (AvgIpc) is 3.66. The first-order chi connectivity index (χ1) is 19.9. The topological polar surface area (TPSA) is 90.0 Å². The fourth-order valence-electron chi connectivity index (χ4n) is 6.03. The molecule has 0 radical (unpaired) electrons. The largest absolute Gasteiger partial charge is 0.339 e. The van der Waals surface area contributed by atoms with Crippen molar-refractivity contribution in [3.8, 4) is 0 Å². The zero-order valence-corrected chi connectivity index (χ0v) is 24.8. The van der Waals surface area contributed by atoms with Crippen molar-refractivity contribution >= 4 is 38.2 Å². The molecule has 0 aliphatic carbocycles. The smallest absolute Gasteiger partial charge is 0.257 e. The Labute approximate surface area is 246 Å². The fraction of sp³-hybridized carbons (Fsp3) is 0.419. The van der Waals surface area contributed by atoms with E-state index in [0.29, 0.717) is 29.2 Å². The van der Waals surface area contributed by atoms with E-state index in [1.54, 1.807) is 12.1 Å². The predicted molar refractivity (Wildman–Crippen MR) is 161 cm³/mol. The van der Waals surface area contributed by atoms with Crippen molar-refractivity contribution in [3.63, 3.8) is 0 Å². The summed E-state index contributed by atoms with van der Waals surface area (Å²) in [5.41, 5.74) is 3.29. The third-order valence-corrected chi connectivity index (χ3v) is 11.3. The van der Waals surface area contributed by atoms with Crippen LogP contribution in [0.5, 0.6) is 0 Å². The van der Waals surface area contributed by atoms with E-state index in [1.165, 1.54) is 33.3 Å². The van der Waals surface area contributed by atoms with E-state index in [1.807, 2.05) is 23.1 Å². The van der Waals surface area contributed by atoms with Gasteiger partial charge in [0.25, 0.3) is 11.8 Å². The van der Waals surface area contributed by atoms with Crippen molar-refractivity contribution in [2.75, 3.05) is 38.0 Å². The Morgan fingerprint density at radius 2 is 1.51 bits per heavy atom. The second-order valence-corrected chi connectivity index (χ2v) is 14.1. The van der Waals surface area contributed by atoms with Crippen molar-refractivity contribution in [2.24, 2.45) is 0 Å². The van der Waals surface area contributed by atoms with Gasteiger partial charge in [-0.3, -0.25) is 14.5 Å². The lowest BCUT2D eigenvalue weighted by Gasteiger charge is -2.27. The van der Waals surface area contributed by atoms with Gasteiger partial charge in [-0.1, -0.05) is 36.8 Å². The molecule has 2 amide bonds. The highest BCUT2D eigenvalue weighted by atomic mass is 32.2. The van der Waals surface area contributed by atoms with Gasteiger partial charge >= 0.3 is 0 Å². The minimum Gasteiger partial charge on any atom is -0.339 e. The second-order valence-electron chi connectivity index (χ2n) is 11.1. The van der Waals surface area contributed by atoms with Gasteiger partial charge in [-0.2, -0.15) is 4.31 Å². The molecule has 41 heavy (non-hydrogen) atoms. The van der Waals surface area contributed by atoms with Crippen LogP contribution in [-0.4, -0.2) is 67.1 Å². The minimum atomic E-state index is -3.57. The first-order valence-corrected chi connectivity index (χ1v) is 16.8. The summed E-state index contributed by atoms with van der Waals surface area (Å²) in [5, 5.41) is 3.61. The molecule has 0 saturated carbocycles. The van der Waals surface area contributed by atoms with E-state index >= 15 is 0 Å². The molecular weight excluding hydrogens is 556 g/mol. The van der Waals surface area contributed by atoms with Crippen LogP contribution in [0, 0.1) is 0 Å². The number of likely N-dealkylation sites (tertiary alicyclic amines) is 1. The molecule has 0 atom stereocenters. The number of benzene rings is 2. The first kappa shape index (κ1) is 28.1. The number of amides is 2. The van der Waals surface area contributed by atoms with Crippen molar-refractivity contribution in [1.82, 2.24) is 14.1 Å². The number of rotatable bonds is 7. The number of thiophene rings is 1. The number of nitrogens with one attached hydrogen (secondary N) is 1. The number of carbonyl (C=O) groups is 2. The van der Waals surface area contributed by atoms with Crippen molar-refractivity contribution in [3.05, 3.63) is 81.7 Å². The molecular formula is C31H36N4O4S2. The van der Waals surface area contributed by atoms with Crippen LogP contribution in [0.15, 0.2) is 59.5 Å². The summed E-state index contributed by atoms with van der Waals surface area (Å²) in [4.78, 5) is 32.7. The van der Waals surface area contributed by atoms with Gasteiger partial charge in [0.05, 0.1) is 10.5 Å². The summed E-state index contributed by atoms with van der Waals surface area (Å²) < 4.78 is 27.6. The molecule has 4 heterocycles. The maximum Gasteiger partial charge on any atom is 0.257 e. The number of anilines is 1. The molecule has 2 fully saturated rings. The van der Waals surface area contributed by atoms with E-state index in [9.17, 15) is 18.0 Å². The lowest BCUT2D eigenvalue weighted by molar-refractivity contribution is 0.0792. The third-order valence-electron chi connectivity index (χ3n) is 8.29. The molecule has 2 saturated heterocycles. The van der Waals surface area contributed by atoms with Crippen LogP contribution in [0.4, 0.5) is 5.00 Å². The summed E-state index contributed by atoms with van der Waals surface area (Å²) in [6.07, 6.45) is 5.53. The molecule has 0 unspecified atom stereocenters. The molecule has 0 spiro atoms. The second kappa shape index (κ2) is 12.1. The van der Waals surface area contributed by atoms with Gasteiger partial charge in [0.1, 0.15) is 5.00 Å². The van der Waals surface area contributed by atoms with E-state index in [2.05, 4.69) is 22.3 Å². The first-order valence-electron chi connectivity index (χ1n) is 14.5. The lowest BCUT2D eigenvalue weighted by atomic mass is 10.0. The van der Waals surface area contributed by atoms with Crippen LogP contribution in [-0.2, 0) is 29.5 Å². The highest BCUT2D eigenvalue weighted by molar-refractivity contribution is 7.89. The highest BCUT2D eigenvalue weighted by Crippen LogP contribution is 2.39. The van der Waals surface area contributed by atoms with Gasteiger partial charge in [0.2, 0.25) is 10.0 Å². The maximum atomic E-state index is 13.7. The maximum absolute atomic E-state index is 13.7. The van der Waals surface area contributed by atoms with Crippen molar-refractivity contribution in [1.29, 1.82) is 0 Å². The number of sulfonamides is 1. The van der Waals surface area contributed by atoms with Crippen molar-refractivity contribution in [2.45, 2.75) is 56.5 Å². The van der Waals surface area contributed by atoms with Gasteiger partial charge in [-0.05, 0) is 67.5 Å². The Bertz CT molecular complexity index is 1510. The van der Waals surface area contributed by atoms with Gasteiger partial charge in [0, 0.05) is 56.3 Å². The van der Waals surface area contributed by atoms with Crippen molar-refractivity contribution < 1.29 is 18.0 Å². The third kappa shape index (κ3) is 5.97. The van der Waals surface area contributed by atoms with Gasteiger partial charge in [0.15, 0.2) is 0 Å². The van der Waals surface area contributed by atoms with Crippen LogP contribution < -0.4 is 5.32 Å². The minimum absolute atomic E-state index is 0.00483. The Balaban J connectivity index is 1.23. The van der Waals surface area contributed by atoms with E-state index in [-0.39, 0.29) is 16.7 Å².